The van der Waals surface area contributed by atoms with Gasteiger partial charge in [0.05, 0.1) is 18.3 Å². The zero-order chi connectivity index (χ0) is 25.0. The van der Waals surface area contributed by atoms with Crippen molar-refractivity contribution in [2.45, 2.75) is 97.7 Å². The number of nitrogens with zero attached hydrogens (tertiary/aromatic N) is 3. The van der Waals surface area contributed by atoms with Crippen molar-refractivity contribution >= 4 is 16.1 Å². The average Bonchev–Trinajstić information content (AvgIpc) is 3.27. The van der Waals surface area contributed by atoms with Crippen molar-refractivity contribution < 1.29 is 13.2 Å². The first-order valence-corrected chi connectivity index (χ1v) is 14.6. The molecule has 0 aliphatic heterocycles. The number of hydrogen-bond acceptors (Lipinski definition) is 6. The molecule has 2 amide bonds. The number of rotatable bonds is 15. The summed E-state index contributed by atoms with van der Waals surface area (Å²) in [5.41, 5.74) is 0. The van der Waals surface area contributed by atoms with Crippen molar-refractivity contribution in [3.05, 3.63) is 11.6 Å². The van der Waals surface area contributed by atoms with Crippen LogP contribution in [0.4, 0.5) is 4.79 Å². The Morgan fingerprint density at radius 3 is 2.53 bits per heavy atom. The number of nitrogens with one attached hydrogen (secondary N) is 4. The Bertz CT molecular complexity index is 818. The predicted molar refractivity (Wildman–Crippen MR) is 135 cm³/mol. The number of hydrogen-bond donors (Lipinski definition) is 4. The Kier molecular flexibility index (Phi) is 12.3. The normalized spacial score (nSPS) is 16.2. The van der Waals surface area contributed by atoms with Gasteiger partial charge in [0.25, 0.3) is 0 Å². The molecule has 0 unspecified atom stereocenters. The molecule has 1 heterocycles. The SMILES string of the molecule is CCN(CC)CCCS(=O)(=O)N[C@H](CCC1CCCCC1)c1n[nH]c(CNC(=O)NC(C)C)n1. The average molecular weight is 500 g/mol. The van der Waals surface area contributed by atoms with Crippen LogP contribution in [0.25, 0.3) is 0 Å². The first kappa shape index (κ1) is 28.5. The molecule has 1 aliphatic rings. The second-order valence-corrected chi connectivity index (χ2v) is 11.4. The van der Waals surface area contributed by atoms with E-state index in [1.54, 1.807) is 0 Å². The topological polar surface area (TPSA) is 132 Å². The highest BCUT2D eigenvalue weighted by molar-refractivity contribution is 7.89. The van der Waals surface area contributed by atoms with Gasteiger partial charge in [-0.15, -0.1) is 0 Å². The molecular formula is C23H45N7O3S. The third kappa shape index (κ3) is 10.7. The maximum atomic E-state index is 12.9. The molecule has 1 aromatic rings. The van der Waals surface area contributed by atoms with E-state index < -0.39 is 16.1 Å². The van der Waals surface area contributed by atoms with E-state index in [1.807, 2.05) is 13.8 Å². The molecule has 34 heavy (non-hydrogen) atoms. The Balaban J connectivity index is 2.00. The summed E-state index contributed by atoms with van der Waals surface area (Å²) >= 11 is 0. The lowest BCUT2D eigenvalue weighted by atomic mass is 9.85. The Morgan fingerprint density at radius 2 is 1.88 bits per heavy atom. The molecule has 1 aromatic heterocycles. The first-order valence-electron chi connectivity index (χ1n) is 12.9. The Labute approximate surface area is 205 Å². The summed E-state index contributed by atoms with van der Waals surface area (Å²) < 4.78 is 28.6. The minimum absolute atomic E-state index is 0.0330. The molecule has 1 fully saturated rings. The van der Waals surface area contributed by atoms with E-state index >= 15 is 0 Å². The molecule has 0 radical (unpaired) electrons. The van der Waals surface area contributed by atoms with Crippen LogP contribution in [0.15, 0.2) is 0 Å². The fourth-order valence-corrected chi connectivity index (χ4v) is 5.72. The fourth-order valence-electron chi connectivity index (χ4n) is 4.43. The summed E-state index contributed by atoms with van der Waals surface area (Å²) in [5.74, 6) is 1.64. The van der Waals surface area contributed by atoms with Crippen LogP contribution >= 0.6 is 0 Å². The molecule has 11 heteroatoms. The smallest absolute Gasteiger partial charge is 0.315 e. The second kappa shape index (κ2) is 14.6. The maximum absolute atomic E-state index is 12.9. The highest BCUT2D eigenvalue weighted by Crippen LogP contribution is 2.30. The lowest BCUT2D eigenvalue weighted by Gasteiger charge is -2.24. The Morgan fingerprint density at radius 1 is 1.18 bits per heavy atom. The number of aromatic nitrogens is 3. The van der Waals surface area contributed by atoms with Gasteiger partial charge in [-0.25, -0.2) is 22.9 Å². The van der Waals surface area contributed by atoms with E-state index in [2.05, 4.69) is 49.3 Å². The monoisotopic (exact) mass is 499 g/mol. The minimum Gasteiger partial charge on any atom is -0.336 e. The molecular weight excluding hydrogens is 454 g/mol. The largest absolute Gasteiger partial charge is 0.336 e. The zero-order valence-electron chi connectivity index (χ0n) is 21.4. The number of carbonyl (C=O) groups excluding carboxylic acids is 1. The lowest BCUT2D eigenvalue weighted by molar-refractivity contribution is 0.238. The number of carbonyl (C=O) groups is 1. The molecule has 0 saturated heterocycles. The zero-order valence-corrected chi connectivity index (χ0v) is 22.2. The summed E-state index contributed by atoms with van der Waals surface area (Å²) in [4.78, 5) is 18.6. The van der Waals surface area contributed by atoms with Gasteiger partial charge in [-0.3, -0.25) is 5.10 Å². The van der Waals surface area contributed by atoms with E-state index in [0.29, 0.717) is 30.4 Å². The number of sulfonamides is 1. The molecule has 0 aromatic carbocycles. The van der Waals surface area contributed by atoms with E-state index in [4.69, 9.17) is 0 Å². The molecule has 4 N–H and O–H groups in total. The van der Waals surface area contributed by atoms with Crippen LogP contribution in [0, 0.1) is 5.92 Å². The fraction of sp³-hybridized carbons (Fsp3) is 0.870. The van der Waals surface area contributed by atoms with Gasteiger partial charge in [-0.05, 0) is 58.7 Å². The predicted octanol–water partition coefficient (Wildman–Crippen LogP) is 3.07. The molecule has 0 spiro atoms. The number of aromatic amines is 1. The molecule has 1 saturated carbocycles. The summed E-state index contributed by atoms with van der Waals surface area (Å²) in [6.07, 6.45) is 8.41. The van der Waals surface area contributed by atoms with Gasteiger partial charge in [-0.1, -0.05) is 46.0 Å². The quantitative estimate of drug-likeness (QED) is 0.293. The van der Waals surface area contributed by atoms with E-state index in [-0.39, 0.29) is 24.4 Å². The molecule has 1 aliphatic carbocycles. The van der Waals surface area contributed by atoms with Gasteiger partial charge >= 0.3 is 6.03 Å². The Hall–Kier alpha value is -1.72. The van der Waals surface area contributed by atoms with E-state index in [1.165, 1.54) is 32.1 Å². The lowest BCUT2D eigenvalue weighted by Crippen LogP contribution is -2.39. The van der Waals surface area contributed by atoms with Crippen LogP contribution in [-0.2, 0) is 16.6 Å². The first-order chi connectivity index (χ1) is 16.2. The summed E-state index contributed by atoms with van der Waals surface area (Å²) in [5, 5.41) is 12.6. The van der Waals surface area contributed by atoms with Crippen LogP contribution in [0.3, 0.4) is 0 Å². The van der Waals surface area contributed by atoms with Gasteiger partial charge in [0, 0.05) is 6.04 Å². The summed E-state index contributed by atoms with van der Waals surface area (Å²) in [6, 6.07) is -0.726. The van der Waals surface area contributed by atoms with Gasteiger partial charge in [0.15, 0.2) is 5.82 Å². The highest BCUT2D eigenvalue weighted by atomic mass is 32.2. The number of H-pyrrole nitrogens is 1. The van der Waals surface area contributed by atoms with Crippen molar-refractivity contribution in [2.24, 2.45) is 5.92 Å². The van der Waals surface area contributed by atoms with Gasteiger partial charge in [0.1, 0.15) is 5.82 Å². The summed E-state index contributed by atoms with van der Waals surface area (Å²) in [6.45, 7) is 10.7. The van der Waals surface area contributed by atoms with E-state index in [0.717, 1.165) is 26.1 Å². The van der Waals surface area contributed by atoms with Crippen molar-refractivity contribution in [3.63, 3.8) is 0 Å². The van der Waals surface area contributed by atoms with Gasteiger partial charge in [0.2, 0.25) is 10.0 Å². The van der Waals surface area contributed by atoms with E-state index in [9.17, 15) is 13.2 Å². The van der Waals surface area contributed by atoms with Gasteiger partial charge < -0.3 is 15.5 Å². The van der Waals surface area contributed by atoms with Crippen LogP contribution in [-0.4, -0.2) is 66.0 Å². The molecule has 196 valence electrons. The van der Waals surface area contributed by atoms with Crippen molar-refractivity contribution in [3.8, 4) is 0 Å². The molecule has 0 bridgehead atoms. The molecule has 2 rings (SSSR count). The van der Waals surface area contributed by atoms with Gasteiger partial charge in [-0.2, -0.15) is 5.10 Å². The van der Waals surface area contributed by atoms with Crippen LogP contribution in [0.2, 0.25) is 0 Å². The maximum Gasteiger partial charge on any atom is 0.315 e. The molecule has 1 atom stereocenters. The van der Waals surface area contributed by atoms with Crippen molar-refractivity contribution in [1.82, 2.24) is 35.4 Å². The molecule has 10 nitrogen and oxygen atoms in total. The minimum atomic E-state index is -3.47. The highest BCUT2D eigenvalue weighted by Gasteiger charge is 2.25. The third-order valence-electron chi connectivity index (χ3n) is 6.39. The number of amides is 2. The number of urea groups is 1. The second-order valence-electron chi connectivity index (χ2n) is 9.57. The standard InChI is InChI=1S/C23H45N7O3S/c1-5-30(6-2)15-10-16-34(32,33)29-20(14-13-19-11-8-7-9-12-19)22-26-21(27-28-22)17-24-23(31)25-18(3)4/h18-20,29H,5-17H2,1-4H3,(H2,24,25,31)(H,26,27,28)/t20-/m1/s1. The summed E-state index contributed by atoms with van der Waals surface area (Å²) in [7, 11) is -3.47. The van der Waals surface area contributed by atoms with Crippen LogP contribution in [0.1, 0.15) is 96.8 Å². The van der Waals surface area contributed by atoms with Crippen LogP contribution in [0.5, 0.6) is 0 Å². The van der Waals surface area contributed by atoms with Crippen molar-refractivity contribution in [2.75, 3.05) is 25.4 Å². The van der Waals surface area contributed by atoms with Crippen LogP contribution < -0.4 is 15.4 Å². The van der Waals surface area contributed by atoms with Crippen molar-refractivity contribution in [1.29, 1.82) is 0 Å². The third-order valence-corrected chi connectivity index (χ3v) is 7.86.